The van der Waals surface area contributed by atoms with Crippen LogP contribution in [0.4, 0.5) is 0 Å². The topological polar surface area (TPSA) is 113 Å². The SMILES string of the molecule is COc1ccc(-c2cc(C(=O)NCc3ccc(C(=O)NO)cc3)ccn2)cn1. The molecule has 0 radical (unpaired) electrons. The average molecular weight is 378 g/mol. The Morgan fingerprint density at radius 3 is 2.43 bits per heavy atom. The maximum atomic E-state index is 12.5. The predicted octanol–water partition coefficient (Wildman–Crippen LogP) is 2.20. The Bertz CT molecular complexity index is 972. The molecule has 3 aromatic rings. The summed E-state index contributed by atoms with van der Waals surface area (Å²) in [6.07, 6.45) is 3.20. The molecule has 0 unspecified atom stereocenters. The second-order valence-corrected chi connectivity index (χ2v) is 5.84. The van der Waals surface area contributed by atoms with Crippen LogP contribution < -0.4 is 15.5 Å². The van der Waals surface area contributed by atoms with E-state index in [2.05, 4.69) is 15.3 Å². The Labute approximate surface area is 161 Å². The van der Waals surface area contributed by atoms with Crippen molar-refractivity contribution in [2.45, 2.75) is 6.54 Å². The van der Waals surface area contributed by atoms with E-state index in [1.807, 2.05) is 6.07 Å². The third kappa shape index (κ3) is 4.49. The number of hydrogen-bond acceptors (Lipinski definition) is 6. The van der Waals surface area contributed by atoms with Gasteiger partial charge in [0.2, 0.25) is 5.88 Å². The van der Waals surface area contributed by atoms with Gasteiger partial charge in [-0.15, -0.1) is 0 Å². The van der Waals surface area contributed by atoms with Gasteiger partial charge in [-0.25, -0.2) is 10.5 Å². The van der Waals surface area contributed by atoms with Crippen molar-refractivity contribution in [3.8, 4) is 17.1 Å². The number of carbonyl (C=O) groups is 2. The number of ether oxygens (including phenoxy) is 1. The Morgan fingerprint density at radius 1 is 1.00 bits per heavy atom. The lowest BCUT2D eigenvalue weighted by molar-refractivity contribution is 0.0706. The van der Waals surface area contributed by atoms with Crippen molar-refractivity contribution in [3.63, 3.8) is 0 Å². The molecule has 0 saturated carbocycles. The zero-order valence-corrected chi connectivity index (χ0v) is 15.0. The molecule has 0 aliphatic heterocycles. The van der Waals surface area contributed by atoms with E-state index >= 15 is 0 Å². The molecule has 0 spiro atoms. The summed E-state index contributed by atoms with van der Waals surface area (Å²) in [6.45, 7) is 0.293. The van der Waals surface area contributed by atoms with Crippen LogP contribution in [0.15, 0.2) is 60.9 Å². The third-order valence-electron chi connectivity index (χ3n) is 4.03. The van der Waals surface area contributed by atoms with Crippen LogP contribution in [-0.4, -0.2) is 34.1 Å². The first-order valence-electron chi connectivity index (χ1n) is 8.39. The van der Waals surface area contributed by atoms with Crippen molar-refractivity contribution >= 4 is 11.8 Å². The van der Waals surface area contributed by atoms with Gasteiger partial charge >= 0.3 is 0 Å². The number of amides is 2. The van der Waals surface area contributed by atoms with Crippen molar-refractivity contribution in [1.82, 2.24) is 20.8 Å². The first kappa shape index (κ1) is 19.0. The maximum absolute atomic E-state index is 12.5. The molecule has 8 heteroatoms. The van der Waals surface area contributed by atoms with E-state index < -0.39 is 5.91 Å². The van der Waals surface area contributed by atoms with E-state index in [-0.39, 0.29) is 5.91 Å². The van der Waals surface area contributed by atoms with Gasteiger partial charge in [-0.05, 0) is 35.9 Å². The van der Waals surface area contributed by atoms with Gasteiger partial charge in [0.05, 0.1) is 12.8 Å². The van der Waals surface area contributed by atoms with Crippen molar-refractivity contribution in [1.29, 1.82) is 0 Å². The Balaban J connectivity index is 1.66. The molecule has 2 amide bonds. The molecule has 0 saturated heterocycles. The Kier molecular flexibility index (Phi) is 5.93. The molecule has 0 fully saturated rings. The minimum absolute atomic E-state index is 0.248. The number of hydroxylamine groups is 1. The summed E-state index contributed by atoms with van der Waals surface area (Å²) in [7, 11) is 1.54. The highest BCUT2D eigenvalue weighted by Gasteiger charge is 2.09. The normalized spacial score (nSPS) is 10.2. The van der Waals surface area contributed by atoms with E-state index in [0.29, 0.717) is 29.2 Å². The fraction of sp³-hybridized carbons (Fsp3) is 0.100. The lowest BCUT2D eigenvalue weighted by Gasteiger charge is -2.08. The van der Waals surface area contributed by atoms with E-state index in [1.165, 1.54) is 0 Å². The molecular formula is C20H18N4O4. The summed E-state index contributed by atoms with van der Waals surface area (Å²) >= 11 is 0. The lowest BCUT2D eigenvalue weighted by Crippen LogP contribution is -2.23. The van der Waals surface area contributed by atoms with Crippen molar-refractivity contribution in [3.05, 3.63) is 77.6 Å². The van der Waals surface area contributed by atoms with Crippen LogP contribution >= 0.6 is 0 Å². The van der Waals surface area contributed by atoms with Gasteiger partial charge in [-0.3, -0.25) is 19.8 Å². The summed E-state index contributed by atoms with van der Waals surface area (Å²) in [5, 5.41) is 11.4. The molecule has 0 atom stereocenters. The third-order valence-corrected chi connectivity index (χ3v) is 4.03. The van der Waals surface area contributed by atoms with Crippen LogP contribution in [0.2, 0.25) is 0 Å². The number of hydrogen-bond donors (Lipinski definition) is 3. The fourth-order valence-corrected chi connectivity index (χ4v) is 2.51. The molecule has 3 rings (SSSR count). The van der Waals surface area contributed by atoms with Crippen molar-refractivity contribution in [2.24, 2.45) is 0 Å². The zero-order valence-electron chi connectivity index (χ0n) is 15.0. The summed E-state index contributed by atoms with van der Waals surface area (Å²) in [4.78, 5) is 32.2. The molecule has 142 valence electrons. The van der Waals surface area contributed by atoms with Crippen molar-refractivity contribution < 1.29 is 19.5 Å². The number of pyridine rings is 2. The Morgan fingerprint density at radius 2 is 1.79 bits per heavy atom. The van der Waals surface area contributed by atoms with Crippen LogP contribution in [0.25, 0.3) is 11.3 Å². The number of aromatic nitrogens is 2. The summed E-state index contributed by atoms with van der Waals surface area (Å²) in [5.41, 5.74) is 4.58. The smallest absolute Gasteiger partial charge is 0.274 e. The molecule has 2 aromatic heterocycles. The molecule has 1 aromatic carbocycles. The number of carbonyl (C=O) groups excluding carboxylic acids is 2. The zero-order chi connectivity index (χ0) is 19.9. The molecule has 0 aliphatic carbocycles. The van der Waals surface area contributed by atoms with Gasteiger partial charge in [0, 0.05) is 41.7 Å². The number of benzene rings is 1. The largest absolute Gasteiger partial charge is 0.481 e. The number of nitrogens with zero attached hydrogens (tertiary/aromatic N) is 2. The van der Waals surface area contributed by atoms with Crippen LogP contribution in [0.5, 0.6) is 5.88 Å². The summed E-state index contributed by atoms with van der Waals surface area (Å²) < 4.78 is 5.04. The lowest BCUT2D eigenvalue weighted by atomic mass is 10.1. The summed E-state index contributed by atoms with van der Waals surface area (Å²) in [6, 6.07) is 13.4. The quantitative estimate of drug-likeness (QED) is 0.448. The van der Waals surface area contributed by atoms with Crippen molar-refractivity contribution in [2.75, 3.05) is 7.11 Å². The fourth-order valence-electron chi connectivity index (χ4n) is 2.51. The minimum Gasteiger partial charge on any atom is -0.481 e. The van der Waals surface area contributed by atoms with Crippen LogP contribution in [0.1, 0.15) is 26.3 Å². The van der Waals surface area contributed by atoms with E-state index in [0.717, 1.165) is 11.1 Å². The van der Waals surface area contributed by atoms with Gasteiger partial charge in [0.25, 0.3) is 11.8 Å². The highest BCUT2D eigenvalue weighted by atomic mass is 16.5. The molecular weight excluding hydrogens is 360 g/mol. The molecule has 0 bridgehead atoms. The van der Waals surface area contributed by atoms with Gasteiger partial charge in [-0.1, -0.05) is 12.1 Å². The van der Waals surface area contributed by atoms with Gasteiger partial charge in [0.15, 0.2) is 0 Å². The van der Waals surface area contributed by atoms with Crippen LogP contribution in [-0.2, 0) is 6.54 Å². The highest BCUT2D eigenvalue weighted by molar-refractivity contribution is 5.95. The second-order valence-electron chi connectivity index (χ2n) is 5.84. The molecule has 2 heterocycles. The average Bonchev–Trinajstić information content (AvgIpc) is 2.77. The number of methoxy groups -OCH3 is 1. The first-order valence-corrected chi connectivity index (χ1v) is 8.39. The summed E-state index contributed by atoms with van der Waals surface area (Å²) in [5.74, 6) is -0.338. The predicted molar refractivity (Wildman–Crippen MR) is 101 cm³/mol. The maximum Gasteiger partial charge on any atom is 0.274 e. The molecule has 8 nitrogen and oxygen atoms in total. The second kappa shape index (κ2) is 8.74. The monoisotopic (exact) mass is 378 g/mol. The van der Waals surface area contributed by atoms with Crippen LogP contribution in [0, 0.1) is 0 Å². The first-order chi connectivity index (χ1) is 13.6. The molecule has 0 aliphatic rings. The van der Waals surface area contributed by atoms with Gasteiger partial charge in [0.1, 0.15) is 0 Å². The molecule has 28 heavy (non-hydrogen) atoms. The van der Waals surface area contributed by atoms with Crippen LogP contribution in [0.3, 0.4) is 0 Å². The Hall–Kier alpha value is -3.78. The van der Waals surface area contributed by atoms with Gasteiger partial charge < -0.3 is 10.1 Å². The minimum atomic E-state index is -0.590. The standard InChI is InChI=1S/C20H18N4O4/c1-28-18-7-6-16(12-22-18)17-10-15(8-9-21-17)19(25)23-11-13-2-4-14(5-3-13)20(26)24-27/h2-10,12,27H,11H2,1H3,(H,23,25)(H,24,26). The molecule has 3 N–H and O–H groups in total. The van der Waals surface area contributed by atoms with E-state index in [4.69, 9.17) is 9.94 Å². The van der Waals surface area contributed by atoms with E-state index in [9.17, 15) is 9.59 Å². The van der Waals surface area contributed by atoms with Gasteiger partial charge in [-0.2, -0.15) is 0 Å². The van der Waals surface area contributed by atoms with E-state index in [1.54, 1.807) is 67.4 Å². The highest BCUT2D eigenvalue weighted by Crippen LogP contribution is 2.19. The number of nitrogens with one attached hydrogen (secondary N) is 2. The number of rotatable bonds is 6.